The van der Waals surface area contributed by atoms with E-state index in [2.05, 4.69) is 6.58 Å². The van der Waals surface area contributed by atoms with Crippen LogP contribution in [0.3, 0.4) is 0 Å². The van der Waals surface area contributed by atoms with Crippen LogP contribution in [0.5, 0.6) is 0 Å². The van der Waals surface area contributed by atoms with E-state index in [9.17, 15) is 0 Å². The predicted octanol–water partition coefficient (Wildman–Crippen LogP) is 0.340. The average molecular weight is 112 g/mol. The largest absolute Gasteiger partial charge is 0.401 e. The Morgan fingerprint density at radius 3 is 2.00 bits per heavy atom. The Morgan fingerprint density at radius 1 is 1.50 bits per heavy atom. The Bertz CT molecular complexity index is 114. The summed E-state index contributed by atoms with van der Waals surface area (Å²) in [4.78, 5) is 0. The number of rotatable bonds is 1. The second-order valence-corrected chi connectivity index (χ2v) is 2.53. The molecule has 0 aromatic rings. The van der Waals surface area contributed by atoms with Crippen molar-refractivity contribution in [3.8, 4) is 0 Å². The predicted molar refractivity (Wildman–Crippen MR) is 34.1 cm³/mol. The highest BCUT2D eigenvalue weighted by atomic mass is 14.8. The van der Waals surface area contributed by atoms with Gasteiger partial charge < -0.3 is 11.5 Å². The third-order valence-electron chi connectivity index (χ3n) is 1.89. The summed E-state index contributed by atoms with van der Waals surface area (Å²) in [5.41, 5.74) is 11.6. The van der Waals surface area contributed by atoms with Crippen LogP contribution in [0.4, 0.5) is 0 Å². The van der Waals surface area contributed by atoms with Crippen molar-refractivity contribution < 1.29 is 0 Å². The van der Waals surface area contributed by atoms with Crippen molar-refractivity contribution in [2.24, 2.45) is 11.5 Å². The fourth-order valence-corrected chi connectivity index (χ4v) is 0.879. The lowest BCUT2D eigenvalue weighted by Gasteiger charge is -2.37. The summed E-state index contributed by atoms with van der Waals surface area (Å²) in [6.45, 7) is 3.60. The standard InChI is InChI=1S/C6H12N2/c1-5(7)6(8)3-2-4-6/h1-4,7-8H2. The van der Waals surface area contributed by atoms with Gasteiger partial charge >= 0.3 is 0 Å². The molecule has 1 rings (SSSR count). The molecule has 4 N–H and O–H groups in total. The summed E-state index contributed by atoms with van der Waals surface area (Å²) in [5.74, 6) is 0. The SMILES string of the molecule is C=C(N)C1(N)CCC1. The van der Waals surface area contributed by atoms with Crippen LogP contribution in [0, 0.1) is 0 Å². The van der Waals surface area contributed by atoms with Crippen molar-refractivity contribution >= 4 is 0 Å². The fourth-order valence-electron chi connectivity index (χ4n) is 0.879. The zero-order valence-corrected chi connectivity index (χ0v) is 4.98. The first-order chi connectivity index (χ1) is 3.65. The van der Waals surface area contributed by atoms with E-state index in [1.165, 1.54) is 6.42 Å². The van der Waals surface area contributed by atoms with E-state index in [0.717, 1.165) is 12.8 Å². The second-order valence-electron chi connectivity index (χ2n) is 2.53. The van der Waals surface area contributed by atoms with Gasteiger partial charge in [-0.05, 0) is 19.3 Å². The smallest absolute Gasteiger partial charge is 0.0550 e. The molecule has 0 aromatic carbocycles. The Labute approximate surface area is 49.5 Å². The molecule has 0 aromatic heterocycles. The van der Waals surface area contributed by atoms with Gasteiger partial charge in [-0.3, -0.25) is 0 Å². The molecule has 2 heteroatoms. The lowest BCUT2D eigenvalue weighted by Crippen LogP contribution is -2.50. The molecule has 0 radical (unpaired) electrons. The summed E-state index contributed by atoms with van der Waals surface area (Å²) in [6.07, 6.45) is 3.23. The third-order valence-corrected chi connectivity index (χ3v) is 1.89. The fraction of sp³-hybridized carbons (Fsp3) is 0.667. The van der Waals surface area contributed by atoms with Gasteiger partial charge in [0.05, 0.1) is 5.54 Å². The van der Waals surface area contributed by atoms with Crippen molar-refractivity contribution in [3.05, 3.63) is 12.3 Å². The van der Waals surface area contributed by atoms with Crippen LogP contribution in [0.15, 0.2) is 12.3 Å². The van der Waals surface area contributed by atoms with Crippen LogP contribution in [0.2, 0.25) is 0 Å². The normalized spacial score (nSPS) is 24.1. The number of hydrogen-bond donors (Lipinski definition) is 2. The second kappa shape index (κ2) is 1.49. The lowest BCUT2D eigenvalue weighted by molar-refractivity contribution is 0.296. The van der Waals surface area contributed by atoms with Gasteiger partial charge in [-0.2, -0.15) is 0 Å². The molecule has 1 saturated carbocycles. The van der Waals surface area contributed by atoms with E-state index in [0.29, 0.717) is 5.70 Å². The highest BCUT2D eigenvalue weighted by Crippen LogP contribution is 2.32. The van der Waals surface area contributed by atoms with Crippen LogP contribution in [0.25, 0.3) is 0 Å². The molecular formula is C6H12N2. The van der Waals surface area contributed by atoms with Crippen molar-refractivity contribution in [2.45, 2.75) is 24.8 Å². The van der Waals surface area contributed by atoms with Crippen LogP contribution in [0.1, 0.15) is 19.3 Å². The van der Waals surface area contributed by atoms with Crippen molar-refractivity contribution in [2.75, 3.05) is 0 Å². The minimum Gasteiger partial charge on any atom is -0.401 e. The molecular weight excluding hydrogens is 100 g/mol. The van der Waals surface area contributed by atoms with Crippen LogP contribution in [-0.4, -0.2) is 5.54 Å². The molecule has 8 heavy (non-hydrogen) atoms. The first-order valence-corrected chi connectivity index (χ1v) is 2.89. The van der Waals surface area contributed by atoms with E-state index in [-0.39, 0.29) is 5.54 Å². The molecule has 2 nitrogen and oxygen atoms in total. The Morgan fingerprint density at radius 2 is 2.00 bits per heavy atom. The van der Waals surface area contributed by atoms with E-state index >= 15 is 0 Å². The van der Waals surface area contributed by atoms with Gasteiger partial charge in [-0.15, -0.1) is 0 Å². The molecule has 0 spiro atoms. The minimum absolute atomic E-state index is 0.194. The molecule has 46 valence electrons. The highest BCUT2D eigenvalue weighted by molar-refractivity contribution is 5.15. The summed E-state index contributed by atoms with van der Waals surface area (Å²) >= 11 is 0. The summed E-state index contributed by atoms with van der Waals surface area (Å²) in [5, 5.41) is 0. The molecule has 1 fully saturated rings. The van der Waals surface area contributed by atoms with E-state index < -0.39 is 0 Å². The van der Waals surface area contributed by atoms with Gasteiger partial charge in [0.1, 0.15) is 0 Å². The van der Waals surface area contributed by atoms with Crippen molar-refractivity contribution in [1.82, 2.24) is 0 Å². The molecule has 0 unspecified atom stereocenters. The zero-order chi connectivity index (χ0) is 6.20. The van der Waals surface area contributed by atoms with E-state index in [1.54, 1.807) is 0 Å². The average Bonchev–Trinajstić information content (AvgIpc) is 1.60. The van der Waals surface area contributed by atoms with Crippen LogP contribution < -0.4 is 11.5 Å². The van der Waals surface area contributed by atoms with Gasteiger partial charge in [0.2, 0.25) is 0 Å². The molecule has 0 aliphatic heterocycles. The highest BCUT2D eigenvalue weighted by Gasteiger charge is 2.33. The lowest BCUT2D eigenvalue weighted by atomic mass is 9.76. The third kappa shape index (κ3) is 0.611. The molecule has 0 bridgehead atoms. The van der Waals surface area contributed by atoms with Crippen molar-refractivity contribution in [1.29, 1.82) is 0 Å². The van der Waals surface area contributed by atoms with Gasteiger partial charge in [0.25, 0.3) is 0 Å². The van der Waals surface area contributed by atoms with Crippen LogP contribution >= 0.6 is 0 Å². The molecule has 0 saturated heterocycles. The van der Waals surface area contributed by atoms with Gasteiger partial charge in [0.15, 0.2) is 0 Å². The quantitative estimate of drug-likeness (QED) is 0.514. The maximum absolute atomic E-state index is 5.72. The number of hydrogen-bond acceptors (Lipinski definition) is 2. The molecule has 1 aliphatic rings. The molecule has 1 aliphatic carbocycles. The Hall–Kier alpha value is -0.500. The summed E-state index contributed by atoms with van der Waals surface area (Å²) < 4.78 is 0. The monoisotopic (exact) mass is 112 g/mol. The number of nitrogens with two attached hydrogens (primary N) is 2. The van der Waals surface area contributed by atoms with Gasteiger partial charge in [-0.25, -0.2) is 0 Å². The Balaban J connectivity index is 2.53. The zero-order valence-electron chi connectivity index (χ0n) is 4.98. The first-order valence-electron chi connectivity index (χ1n) is 2.89. The Kier molecular flexibility index (Phi) is 1.05. The molecule has 0 amide bonds. The first kappa shape index (κ1) is 5.63. The van der Waals surface area contributed by atoms with E-state index in [1.807, 2.05) is 0 Å². The molecule has 0 heterocycles. The topological polar surface area (TPSA) is 52.0 Å². The van der Waals surface area contributed by atoms with E-state index in [4.69, 9.17) is 11.5 Å². The molecule has 0 atom stereocenters. The maximum atomic E-state index is 5.72. The van der Waals surface area contributed by atoms with Gasteiger partial charge in [0, 0.05) is 5.70 Å². The maximum Gasteiger partial charge on any atom is 0.0550 e. The van der Waals surface area contributed by atoms with Gasteiger partial charge in [-0.1, -0.05) is 6.58 Å². The minimum atomic E-state index is -0.194. The summed E-state index contributed by atoms with van der Waals surface area (Å²) in [6, 6.07) is 0. The van der Waals surface area contributed by atoms with Crippen molar-refractivity contribution in [3.63, 3.8) is 0 Å². The summed E-state index contributed by atoms with van der Waals surface area (Å²) in [7, 11) is 0. The van der Waals surface area contributed by atoms with Crippen LogP contribution in [-0.2, 0) is 0 Å².